The summed E-state index contributed by atoms with van der Waals surface area (Å²) in [6.07, 6.45) is 5.44. The first-order chi connectivity index (χ1) is 6.72. The normalized spacial score (nSPS) is 11.1. The zero-order valence-electron chi connectivity index (χ0n) is 8.56. The zero-order chi connectivity index (χ0) is 10.1. The van der Waals surface area contributed by atoms with Gasteiger partial charge in [-0.25, -0.2) is 9.97 Å². The Kier molecular flexibility index (Phi) is 2.11. The average Bonchev–Trinajstić information content (AvgIpc) is 2.59. The molecule has 0 saturated carbocycles. The Bertz CT molecular complexity index is 448. The van der Waals surface area contributed by atoms with Crippen molar-refractivity contribution in [1.82, 2.24) is 14.4 Å². The molecule has 4 heteroatoms. The van der Waals surface area contributed by atoms with Crippen molar-refractivity contribution in [3.8, 4) is 5.88 Å². The van der Waals surface area contributed by atoms with Gasteiger partial charge in [0.1, 0.15) is 5.82 Å². The Balaban J connectivity index is 2.63. The summed E-state index contributed by atoms with van der Waals surface area (Å²) in [6.45, 7) is 4.23. The second-order valence-electron chi connectivity index (χ2n) is 3.50. The molecule has 4 nitrogen and oxygen atoms in total. The highest BCUT2D eigenvalue weighted by Crippen LogP contribution is 2.17. The van der Waals surface area contributed by atoms with Crippen molar-refractivity contribution in [2.45, 2.75) is 19.8 Å². The summed E-state index contributed by atoms with van der Waals surface area (Å²) in [5.74, 6) is 2.03. The van der Waals surface area contributed by atoms with E-state index in [1.54, 1.807) is 13.3 Å². The van der Waals surface area contributed by atoms with Crippen LogP contribution in [0.1, 0.15) is 25.6 Å². The summed E-state index contributed by atoms with van der Waals surface area (Å²) in [5, 5.41) is 0. The van der Waals surface area contributed by atoms with Gasteiger partial charge >= 0.3 is 0 Å². The highest BCUT2D eigenvalue weighted by molar-refractivity contribution is 5.44. The third-order valence-corrected chi connectivity index (χ3v) is 2.14. The Morgan fingerprint density at radius 2 is 2.00 bits per heavy atom. The summed E-state index contributed by atoms with van der Waals surface area (Å²) in [5.41, 5.74) is 0.995. The van der Waals surface area contributed by atoms with Crippen molar-refractivity contribution in [2.75, 3.05) is 7.11 Å². The number of fused-ring (bicyclic) bond motifs is 1. The lowest BCUT2D eigenvalue weighted by molar-refractivity contribution is 0.395. The first-order valence-electron chi connectivity index (χ1n) is 4.59. The molecule has 0 N–H and O–H groups in total. The largest absolute Gasteiger partial charge is 0.480 e. The van der Waals surface area contributed by atoms with E-state index in [4.69, 9.17) is 4.74 Å². The monoisotopic (exact) mass is 191 g/mol. The fourth-order valence-corrected chi connectivity index (χ4v) is 1.43. The molecule has 2 rings (SSSR count). The summed E-state index contributed by atoms with van der Waals surface area (Å²) in [4.78, 5) is 8.45. The molecule has 0 aliphatic heterocycles. The van der Waals surface area contributed by atoms with Crippen LogP contribution in [0.4, 0.5) is 0 Å². The van der Waals surface area contributed by atoms with Gasteiger partial charge in [0, 0.05) is 5.92 Å². The molecule has 0 bridgehead atoms. The van der Waals surface area contributed by atoms with Gasteiger partial charge < -0.3 is 4.74 Å². The van der Waals surface area contributed by atoms with Crippen LogP contribution in [0.2, 0.25) is 0 Å². The molecule has 0 atom stereocenters. The van der Waals surface area contributed by atoms with E-state index in [0.717, 1.165) is 11.3 Å². The molecule has 0 unspecified atom stereocenters. The van der Waals surface area contributed by atoms with Crippen LogP contribution in [-0.2, 0) is 0 Å². The molecule has 2 heterocycles. The van der Waals surface area contributed by atoms with E-state index in [1.165, 1.54) is 0 Å². The third kappa shape index (κ3) is 1.32. The molecule has 0 radical (unpaired) electrons. The molecule has 74 valence electrons. The number of imidazole rings is 1. The second-order valence-corrected chi connectivity index (χ2v) is 3.50. The third-order valence-electron chi connectivity index (χ3n) is 2.14. The van der Waals surface area contributed by atoms with E-state index < -0.39 is 0 Å². The molecular weight excluding hydrogens is 178 g/mol. The van der Waals surface area contributed by atoms with Crippen molar-refractivity contribution in [3.63, 3.8) is 0 Å². The molecule has 0 spiro atoms. The van der Waals surface area contributed by atoms with Gasteiger partial charge in [0.05, 0.1) is 31.2 Å². The number of aromatic nitrogens is 3. The number of methoxy groups -OCH3 is 1. The summed E-state index contributed by atoms with van der Waals surface area (Å²) < 4.78 is 7.08. The Labute approximate surface area is 82.6 Å². The lowest BCUT2D eigenvalue weighted by Gasteiger charge is -2.05. The zero-order valence-corrected chi connectivity index (χ0v) is 8.56. The maximum Gasteiger partial charge on any atom is 0.230 e. The van der Waals surface area contributed by atoms with Crippen molar-refractivity contribution >= 4 is 5.52 Å². The molecule has 0 fully saturated rings. The SMILES string of the molecule is COc1cn2c(C(C)C)ncc2cn1. The van der Waals surface area contributed by atoms with Crippen LogP contribution in [0.3, 0.4) is 0 Å². The number of rotatable bonds is 2. The molecule has 2 aromatic heterocycles. The van der Waals surface area contributed by atoms with Gasteiger partial charge in [-0.3, -0.25) is 4.40 Å². The first kappa shape index (κ1) is 8.99. The number of hydrogen-bond acceptors (Lipinski definition) is 3. The van der Waals surface area contributed by atoms with E-state index >= 15 is 0 Å². The topological polar surface area (TPSA) is 39.4 Å². The highest BCUT2D eigenvalue weighted by atomic mass is 16.5. The minimum Gasteiger partial charge on any atom is -0.480 e. The maximum absolute atomic E-state index is 5.07. The Morgan fingerprint density at radius 3 is 2.64 bits per heavy atom. The number of ether oxygens (including phenoxy) is 1. The van der Waals surface area contributed by atoms with E-state index in [1.807, 2.05) is 16.8 Å². The van der Waals surface area contributed by atoms with Crippen molar-refractivity contribution in [3.05, 3.63) is 24.4 Å². The predicted octanol–water partition coefficient (Wildman–Crippen LogP) is 1.86. The fraction of sp³-hybridized carbons (Fsp3) is 0.400. The van der Waals surface area contributed by atoms with Crippen LogP contribution in [0.25, 0.3) is 5.52 Å². The van der Waals surface area contributed by atoms with Gasteiger partial charge in [-0.05, 0) is 0 Å². The molecule has 2 aromatic rings. The highest BCUT2D eigenvalue weighted by Gasteiger charge is 2.08. The Hall–Kier alpha value is -1.58. The molecule has 0 aromatic carbocycles. The van der Waals surface area contributed by atoms with Crippen LogP contribution < -0.4 is 4.74 Å². The van der Waals surface area contributed by atoms with Gasteiger partial charge in [-0.15, -0.1) is 0 Å². The van der Waals surface area contributed by atoms with Gasteiger partial charge in [0.15, 0.2) is 0 Å². The van der Waals surface area contributed by atoms with Crippen molar-refractivity contribution in [1.29, 1.82) is 0 Å². The van der Waals surface area contributed by atoms with Crippen LogP contribution in [0, 0.1) is 0 Å². The van der Waals surface area contributed by atoms with E-state index in [0.29, 0.717) is 11.8 Å². The lowest BCUT2D eigenvalue weighted by atomic mass is 10.2. The molecule has 0 aliphatic rings. The van der Waals surface area contributed by atoms with Crippen LogP contribution in [-0.4, -0.2) is 21.5 Å². The van der Waals surface area contributed by atoms with Crippen LogP contribution >= 0.6 is 0 Å². The van der Waals surface area contributed by atoms with Crippen LogP contribution in [0.15, 0.2) is 18.6 Å². The van der Waals surface area contributed by atoms with Crippen molar-refractivity contribution in [2.24, 2.45) is 0 Å². The van der Waals surface area contributed by atoms with Gasteiger partial charge in [0.2, 0.25) is 5.88 Å². The number of hydrogen-bond donors (Lipinski definition) is 0. The number of nitrogens with zero attached hydrogens (tertiary/aromatic N) is 3. The second kappa shape index (κ2) is 3.29. The molecular formula is C10H13N3O. The molecule has 0 aliphatic carbocycles. The summed E-state index contributed by atoms with van der Waals surface area (Å²) >= 11 is 0. The maximum atomic E-state index is 5.07. The predicted molar refractivity (Wildman–Crippen MR) is 53.6 cm³/mol. The molecule has 0 amide bonds. The molecule has 14 heavy (non-hydrogen) atoms. The average molecular weight is 191 g/mol. The minimum absolute atomic E-state index is 0.393. The van der Waals surface area contributed by atoms with Crippen molar-refractivity contribution < 1.29 is 4.74 Å². The van der Waals surface area contributed by atoms with E-state index in [2.05, 4.69) is 23.8 Å². The van der Waals surface area contributed by atoms with Crippen LogP contribution in [0.5, 0.6) is 5.88 Å². The fourth-order valence-electron chi connectivity index (χ4n) is 1.43. The summed E-state index contributed by atoms with van der Waals surface area (Å²) in [7, 11) is 1.61. The smallest absolute Gasteiger partial charge is 0.230 e. The Morgan fingerprint density at radius 1 is 1.29 bits per heavy atom. The first-order valence-corrected chi connectivity index (χ1v) is 4.59. The van der Waals surface area contributed by atoms with Gasteiger partial charge in [-0.1, -0.05) is 13.8 Å². The minimum atomic E-state index is 0.393. The van der Waals surface area contributed by atoms with Gasteiger partial charge in [0.25, 0.3) is 0 Å². The lowest BCUT2D eigenvalue weighted by Crippen LogP contribution is -1.98. The van der Waals surface area contributed by atoms with Gasteiger partial charge in [-0.2, -0.15) is 0 Å². The molecule has 0 saturated heterocycles. The van der Waals surface area contributed by atoms with E-state index in [9.17, 15) is 0 Å². The van der Waals surface area contributed by atoms with E-state index in [-0.39, 0.29) is 0 Å². The quantitative estimate of drug-likeness (QED) is 0.727. The summed E-state index contributed by atoms with van der Waals surface area (Å²) in [6, 6.07) is 0. The standard InChI is InChI=1S/C10H13N3O/c1-7(2)10-12-5-8-4-11-9(14-3)6-13(8)10/h4-7H,1-3H3.